The van der Waals surface area contributed by atoms with Gasteiger partial charge in [0.15, 0.2) is 16.7 Å². The third-order valence-electron chi connectivity index (χ3n) is 4.16. The van der Waals surface area contributed by atoms with Gasteiger partial charge < -0.3 is 15.0 Å². The van der Waals surface area contributed by atoms with Crippen molar-refractivity contribution in [1.29, 1.82) is 5.26 Å². The molecule has 9 heteroatoms. The quantitative estimate of drug-likeness (QED) is 0.552. The van der Waals surface area contributed by atoms with Gasteiger partial charge in [-0.2, -0.15) is 5.26 Å². The van der Waals surface area contributed by atoms with Crippen molar-refractivity contribution >= 4 is 29.1 Å². The molecule has 0 aliphatic rings. The standard InChI is InChI=1S/C22H15Cl2FN4O2/c1-2-3-4-13-7-14(10-26)9-16(8-13)31-20-17(23)6-5-15(18(20)25)11-29-12-28-21(24)19(29)22(27)30/h5-9,12H,2,11H2,1H3,(H2,27,30). The first kappa shape index (κ1) is 22.2. The van der Waals surface area contributed by atoms with E-state index in [4.69, 9.17) is 33.7 Å². The van der Waals surface area contributed by atoms with Gasteiger partial charge in [0.1, 0.15) is 11.4 Å². The zero-order chi connectivity index (χ0) is 22.5. The molecule has 0 atom stereocenters. The number of halogens is 3. The zero-order valence-corrected chi connectivity index (χ0v) is 17.8. The number of amides is 1. The van der Waals surface area contributed by atoms with Gasteiger partial charge in [-0.15, -0.1) is 0 Å². The normalized spacial score (nSPS) is 10.2. The zero-order valence-electron chi connectivity index (χ0n) is 16.2. The Balaban J connectivity index is 1.99. The number of aromatic nitrogens is 2. The number of benzene rings is 2. The summed E-state index contributed by atoms with van der Waals surface area (Å²) in [7, 11) is 0. The lowest BCUT2D eigenvalue weighted by Gasteiger charge is -2.13. The number of nitrogens with zero attached hydrogens (tertiary/aromatic N) is 3. The third-order valence-corrected chi connectivity index (χ3v) is 4.74. The average molecular weight is 457 g/mol. The molecule has 0 spiro atoms. The van der Waals surface area contributed by atoms with E-state index >= 15 is 4.39 Å². The van der Waals surface area contributed by atoms with Crippen molar-refractivity contribution in [3.05, 3.63) is 75.0 Å². The maximum atomic E-state index is 15.2. The molecule has 0 radical (unpaired) electrons. The number of rotatable bonds is 5. The molecule has 1 heterocycles. The molecule has 6 nitrogen and oxygen atoms in total. The van der Waals surface area contributed by atoms with Crippen molar-refractivity contribution in [2.24, 2.45) is 5.73 Å². The van der Waals surface area contributed by atoms with Crippen LogP contribution in [0.4, 0.5) is 4.39 Å². The molecule has 0 saturated carbocycles. The van der Waals surface area contributed by atoms with Crippen molar-refractivity contribution in [2.45, 2.75) is 19.9 Å². The summed E-state index contributed by atoms with van der Waals surface area (Å²) in [5.74, 6) is 4.28. The SMILES string of the molecule is CCC#Cc1cc(C#N)cc(Oc2c(Cl)ccc(Cn3cnc(Cl)c3C(N)=O)c2F)c1. The van der Waals surface area contributed by atoms with Gasteiger partial charge in [0.05, 0.1) is 29.5 Å². The van der Waals surface area contributed by atoms with Crippen molar-refractivity contribution in [2.75, 3.05) is 0 Å². The molecule has 3 aromatic rings. The summed E-state index contributed by atoms with van der Waals surface area (Å²) in [5.41, 5.74) is 6.31. The summed E-state index contributed by atoms with van der Waals surface area (Å²) in [6, 6.07) is 9.59. The number of nitrogens with two attached hydrogens (primary N) is 1. The Morgan fingerprint density at radius 2 is 2.03 bits per heavy atom. The van der Waals surface area contributed by atoms with Crippen LogP contribution in [-0.2, 0) is 6.54 Å². The molecule has 0 unspecified atom stereocenters. The molecule has 3 rings (SSSR count). The topological polar surface area (TPSA) is 93.9 Å². The highest BCUT2D eigenvalue weighted by molar-refractivity contribution is 6.32. The second-order valence-electron chi connectivity index (χ2n) is 6.34. The second kappa shape index (κ2) is 9.53. The number of ether oxygens (including phenoxy) is 1. The van der Waals surface area contributed by atoms with Crippen molar-refractivity contribution in [3.8, 4) is 29.4 Å². The van der Waals surface area contributed by atoms with Gasteiger partial charge in [0, 0.05) is 17.5 Å². The van der Waals surface area contributed by atoms with Gasteiger partial charge in [-0.3, -0.25) is 4.79 Å². The van der Waals surface area contributed by atoms with Crippen molar-refractivity contribution in [1.82, 2.24) is 9.55 Å². The van der Waals surface area contributed by atoms with Gasteiger partial charge >= 0.3 is 0 Å². The van der Waals surface area contributed by atoms with Gasteiger partial charge in [0.2, 0.25) is 0 Å². The molecule has 156 valence electrons. The minimum atomic E-state index is -0.789. The lowest BCUT2D eigenvalue weighted by molar-refractivity contribution is 0.0992. The minimum absolute atomic E-state index is 0.0311. The first-order chi connectivity index (χ1) is 14.8. The maximum Gasteiger partial charge on any atom is 0.268 e. The lowest BCUT2D eigenvalue weighted by Crippen LogP contribution is -2.18. The Morgan fingerprint density at radius 3 is 2.71 bits per heavy atom. The second-order valence-corrected chi connectivity index (χ2v) is 7.11. The summed E-state index contributed by atoms with van der Waals surface area (Å²) < 4.78 is 22.3. The summed E-state index contributed by atoms with van der Waals surface area (Å²) in [4.78, 5) is 15.4. The van der Waals surface area contributed by atoms with E-state index in [9.17, 15) is 10.1 Å². The minimum Gasteiger partial charge on any atom is -0.453 e. The van der Waals surface area contributed by atoms with Crippen LogP contribution in [0.1, 0.15) is 40.5 Å². The Hall–Kier alpha value is -3.52. The molecule has 0 bridgehead atoms. The van der Waals surface area contributed by atoms with Crippen LogP contribution >= 0.6 is 23.2 Å². The van der Waals surface area contributed by atoms with Gasteiger partial charge in [0.25, 0.3) is 5.91 Å². The lowest BCUT2D eigenvalue weighted by atomic mass is 10.1. The predicted molar refractivity (Wildman–Crippen MR) is 115 cm³/mol. The molecule has 1 aromatic heterocycles. The van der Waals surface area contributed by atoms with Gasteiger partial charge in [-0.05, 0) is 24.3 Å². The molecule has 1 amide bonds. The maximum absolute atomic E-state index is 15.2. The highest BCUT2D eigenvalue weighted by atomic mass is 35.5. The van der Waals surface area contributed by atoms with Crippen molar-refractivity contribution < 1.29 is 13.9 Å². The Morgan fingerprint density at radius 1 is 1.29 bits per heavy atom. The highest BCUT2D eigenvalue weighted by Gasteiger charge is 2.19. The van der Waals surface area contributed by atoms with E-state index in [1.807, 2.05) is 13.0 Å². The van der Waals surface area contributed by atoms with Crippen LogP contribution in [-0.4, -0.2) is 15.5 Å². The van der Waals surface area contributed by atoms with Crippen LogP contribution in [0.2, 0.25) is 10.2 Å². The van der Waals surface area contributed by atoms with Crippen LogP contribution in [0, 0.1) is 29.0 Å². The van der Waals surface area contributed by atoms with E-state index in [0.29, 0.717) is 17.5 Å². The number of imidazole rings is 1. The summed E-state index contributed by atoms with van der Waals surface area (Å²) in [6.45, 7) is 1.82. The molecule has 0 aliphatic carbocycles. The predicted octanol–water partition coefficient (Wildman–Crippen LogP) is 4.90. The molecule has 0 aliphatic heterocycles. The number of hydrogen-bond donors (Lipinski definition) is 1. The highest BCUT2D eigenvalue weighted by Crippen LogP contribution is 2.35. The largest absolute Gasteiger partial charge is 0.453 e. The van der Waals surface area contributed by atoms with E-state index in [0.717, 1.165) is 0 Å². The molecule has 31 heavy (non-hydrogen) atoms. The van der Waals surface area contributed by atoms with Crippen LogP contribution in [0.15, 0.2) is 36.7 Å². The van der Waals surface area contributed by atoms with Crippen LogP contribution in [0.25, 0.3) is 0 Å². The van der Waals surface area contributed by atoms with Crippen LogP contribution < -0.4 is 10.5 Å². The molecule has 2 aromatic carbocycles. The fourth-order valence-electron chi connectivity index (χ4n) is 2.80. The van der Waals surface area contributed by atoms with Gasteiger partial charge in [-0.1, -0.05) is 48.0 Å². The Bertz CT molecular complexity index is 1270. The van der Waals surface area contributed by atoms with Crippen molar-refractivity contribution in [3.63, 3.8) is 0 Å². The van der Waals surface area contributed by atoms with Crippen LogP contribution in [0.5, 0.6) is 11.5 Å². The number of hydrogen-bond acceptors (Lipinski definition) is 4. The van der Waals surface area contributed by atoms with E-state index in [-0.39, 0.29) is 39.5 Å². The van der Waals surface area contributed by atoms with Gasteiger partial charge in [-0.25, -0.2) is 9.37 Å². The molecular formula is C22H15Cl2FN4O2. The van der Waals surface area contributed by atoms with E-state index < -0.39 is 11.7 Å². The molecular weight excluding hydrogens is 442 g/mol. The average Bonchev–Trinajstić information content (AvgIpc) is 3.11. The molecule has 0 fully saturated rings. The fourth-order valence-corrected chi connectivity index (χ4v) is 3.23. The summed E-state index contributed by atoms with van der Waals surface area (Å²) in [6.07, 6.45) is 1.92. The van der Waals surface area contributed by atoms with Crippen LogP contribution in [0.3, 0.4) is 0 Å². The van der Waals surface area contributed by atoms with E-state index in [1.54, 1.807) is 12.1 Å². The summed E-state index contributed by atoms with van der Waals surface area (Å²) >= 11 is 12.0. The van der Waals surface area contributed by atoms with E-state index in [2.05, 4.69) is 16.8 Å². The Kier molecular flexibility index (Phi) is 6.81. The fraction of sp³-hybridized carbons (Fsp3) is 0.136. The first-order valence-electron chi connectivity index (χ1n) is 9.03. The number of primary amides is 1. The number of carbonyl (C=O) groups is 1. The third kappa shape index (κ3) is 4.97. The number of carbonyl (C=O) groups excluding carboxylic acids is 1. The molecule has 2 N–H and O–H groups in total. The monoisotopic (exact) mass is 456 g/mol. The smallest absolute Gasteiger partial charge is 0.268 e. The Labute approximate surface area is 188 Å². The summed E-state index contributed by atoms with van der Waals surface area (Å²) in [5, 5.41) is 9.21. The van der Waals surface area contributed by atoms with E-state index in [1.165, 1.54) is 29.1 Å². The molecule has 0 saturated heterocycles. The first-order valence-corrected chi connectivity index (χ1v) is 9.78. The number of nitriles is 1.